The Morgan fingerprint density at radius 3 is 2.76 bits per heavy atom. The second kappa shape index (κ2) is 8.24. The summed E-state index contributed by atoms with van der Waals surface area (Å²) in [5.74, 6) is 6.09. The third kappa shape index (κ3) is 4.12. The van der Waals surface area contributed by atoms with E-state index in [-0.39, 0.29) is 22.4 Å². The molecule has 1 aromatic carbocycles. The molecule has 10 heteroatoms. The molecule has 0 aliphatic carbocycles. The molecule has 0 unspecified atom stereocenters. The molecule has 29 heavy (non-hydrogen) atoms. The molecule has 4 rings (SSSR count). The standard InChI is InChI=1S/C19H14ClN5O2S2/c20-12-6-7-14(22-8-12)23-15(26)10-29-19-24-17-16(18(27)25(19)21)13(9-28-17)11-4-2-1-3-5-11/h1-9H,10,21H2,(H,22,23,26). The lowest BCUT2D eigenvalue weighted by Gasteiger charge is -2.08. The van der Waals surface area contributed by atoms with Crippen LogP contribution in [0.15, 0.2) is 64.0 Å². The molecule has 7 nitrogen and oxygen atoms in total. The van der Waals surface area contributed by atoms with Crippen molar-refractivity contribution in [1.29, 1.82) is 0 Å². The van der Waals surface area contributed by atoms with E-state index in [0.717, 1.165) is 27.6 Å². The zero-order valence-electron chi connectivity index (χ0n) is 14.8. The Hall–Kier alpha value is -2.88. The lowest BCUT2D eigenvalue weighted by molar-refractivity contribution is -0.113. The topological polar surface area (TPSA) is 103 Å². The van der Waals surface area contributed by atoms with E-state index in [9.17, 15) is 9.59 Å². The summed E-state index contributed by atoms with van der Waals surface area (Å²) in [6.45, 7) is 0. The number of nitrogens with two attached hydrogens (primary N) is 1. The van der Waals surface area contributed by atoms with Gasteiger partial charge in [0.05, 0.1) is 16.2 Å². The van der Waals surface area contributed by atoms with Gasteiger partial charge in [0.2, 0.25) is 5.91 Å². The van der Waals surface area contributed by atoms with E-state index in [1.807, 2.05) is 35.7 Å². The molecule has 0 atom stereocenters. The molecule has 4 aromatic rings. The lowest BCUT2D eigenvalue weighted by Crippen LogP contribution is -2.30. The molecule has 146 valence electrons. The van der Waals surface area contributed by atoms with Gasteiger partial charge in [0.25, 0.3) is 5.56 Å². The minimum Gasteiger partial charge on any atom is -0.334 e. The van der Waals surface area contributed by atoms with Crippen LogP contribution in [0.2, 0.25) is 5.02 Å². The van der Waals surface area contributed by atoms with Crippen LogP contribution in [-0.4, -0.2) is 26.3 Å². The van der Waals surface area contributed by atoms with E-state index in [2.05, 4.69) is 15.3 Å². The molecule has 0 aliphatic heterocycles. The first-order valence-corrected chi connectivity index (χ1v) is 10.7. The van der Waals surface area contributed by atoms with Gasteiger partial charge in [-0.05, 0) is 17.7 Å². The van der Waals surface area contributed by atoms with E-state index < -0.39 is 0 Å². The van der Waals surface area contributed by atoms with Gasteiger partial charge >= 0.3 is 0 Å². The van der Waals surface area contributed by atoms with Crippen LogP contribution in [0.25, 0.3) is 21.3 Å². The third-order valence-corrected chi connectivity index (χ3v) is 6.07. The van der Waals surface area contributed by atoms with Gasteiger partial charge in [-0.15, -0.1) is 11.3 Å². The number of aromatic nitrogens is 3. The van der Waals surface area contributed by atoms with Crippen molar-refractivity contribution in [1.82, 2.24) is 14.6 Å². The minimum atomic E-state index is -0.350. The predicted octanol–water partition coefficient (Wildman–Crippen LogP) is 3.62. The van der Waals surface area contributed by atoms with E-state index >= 15 is 0 Å². The Kier molecular flexibility index (Phi) is 5.52. The largest absolute Gasteiger partial charge is 0.334 e. The van der Waals surface area contributed by atoms with Gasteiger partial charge in [0, 0.05) is 17.1 Å². The van der Waals surface area contributed by atoms with Crippen LogP contribution in [0.1, 0.15) is 0 Å². The van der Waals surface area contributed by atoms with Crippen LogP contribution in [0.3, 0.4) is 0 Å². The number of nitrogens with one attached hydrogen (secondary N) is 1. The Bertz CT molecular complexity index is 1240. The quantitative estimate of drug-likeness (QED) is 0.277. The van der Waals surface area contributed by atoms with Crippen molar-refractivity contribution in [2.75, 3.05) is 16.9 Å². The zero-order chi connectivity index (χ0) is 20.4. The van der Waals surface area contributed by atoms with Gasteiger partial charge in [-0.1, -0.05) is 53.7 Å². The van der Waals surface area contributed by atoms with E-state index in [4.69, 9.17) is 17.4 Å². The van der Waals surface area contributed by atoms with Crippen LogP contribution >= 0.6 is 34.7 Å². The maximum Gasteiger partial charge on any atom is 0.282 e. The summed E-state index contributed by atoms with van der Waals surface area (Å²) in [5.41, 5.74) is 1.37. The molecule has 0 fully saturated rings. The number of hydrogen-bond donors (Lipinski definition) is 2. The first-order valence-electron chi connectivity index (χ1n) is 8.42. The number of benzene rings is 1. The van der Waals surface area contributed by atoms with Crippen molar-refractivity contribution in [2.24, 2.45) is 0 Å². The molecule has 0 radical (unpaired) electrons. The number of nitrogen functional groups attached to an aromatic ring is 1. The third-order valence-electron chi connectivity index (χ3n) is 4.02. The predicted molar refractivity (Wildman–Crippen MR) is 118 cm³/mol. The Balaban J connectivity index is 1.56. The number of pyridine rings is 1. The molecule has 0 bridgehead atoms. The van der Waals surface area contributed by atoms with Crippen molar-refractivity contribution in [3.05, 3.63) is 69.4 Å². The van der Waals surface area contributed by atoms with Gasteiger partial charge in [0.1, 0.15) is 10.6 Å². The van der Waals surface area contributed by atoms with Gasteiger partial charge < -0.3 is 11.2 Å². The molecular formula is C19H14ClN5O2S2. The summed E-state index contributed by atoms with van der Waals surface area (Å²) in [5, 5.41) is 5.77. The SMILES string of the molecule is Nn1c(SCC(=O)Nc2ccc(Cl)cn2)nc2scc(-c3ccccc3)c2c1=O. The summed E-state index contributed by atoms with van der Waals surface area (Å²) in [7, 11) is 0. The van der Waals surface area contributed by atoms with Gasteiger partial charge in [-0.2, -0.15) is 0 Å². The van der Waals surface area contributed by atoms with E-state index in [0.29, 0.717) is 21.1 Å². The number of carbonyl (C=O) groups excluding carboxylic acids is 1. The molecule has 0 saturated carbocycles. The monoisotopic (exact) mass is 443 g/mol. The fourth-order valence-electron chi connectivity index (χ4n) is 2.68. The van der Waals surface area contributed by atoms with E-state index in [1.165, 1.54) is 17.5 Å². The summed E-state index contributed by atoms with van der Waals surface area (Å²) < 4.78 is 0.986. The van der Waals surface area contributed by atoms with Gasteiger partial charge in [-0.3, -0.25) is 9.59 Å². The Morgan fingerprint density at radius 1 is 1.24 bits per heavy atom. The smallest absolute Gasteiger partial charge is 0.282 e. The highest BCUT2D eigenvalue weighted by atomic mass is 35.5. The van der Waals surface area contributed by atoms with Crippen molar-refractivity contribution in [3.63, 3.8) is 0 Å². The fourth-order valence-corrected chi connectivity index (χ4v) is 4.49. The van der Waals surface area contributed by atoms with Gasteiger partial charge in [-0.25, -0.2) is 14.6 Å². The van der Waals surface area contributed by atoms with Crippen LogP contribution in [0.5, 0.6) is 0 Å². The number of rotatable bonds is 5. The highest BCUT2D eigenvalue weighted by molar-refractivity contribution is 7.99. The number of thioether (sulfide) groups is 1. The first kappa shape index (κ1) is 19.4. The maximum atomic E-state index is 12.8. The molecular weight excluding hydrogens is 430 g/mol. The Labute approximate surface area is 178 Å². The van der Waals surface area contributed by atoms with E-state index in [1.54, 1.807) is 12.1 Å². The lowest BCUT2D eigenvalue weighted by atomic mass is 10.1. The summed E-state index contributed by atoms with van der Waals surface area (Å²) >= 11 is 8.22. The average molecular weight is 444 g/mol. The van der Waals surface area contributed by atoms with Crippen LogP contribution in [0, 0.1) is 0 Å². The number of carbonyl (C=O) groups is 1. The molecule has 0 aliphatic rings. The number of thiophene rings is 1. The van der Waals surface area contributed by atoms with Crippen LogP contribution in [0.4, 0.5) is 5.82 Å². The molecule has 3 N–H and O–H groups in total. The highest BCUT2D eigenvalue weighted by Crippen LogP contribution is 2.31. The fraction of sp³-hybridized carbons (Fsp3) is 0.0526. The summed E-state index contributed by atoms with van der Waals surface area (Å²) in [6.07, 6.45) is 1.44. The second-order valence-corrected chi connectivity index (χ2v) is 8.20. The second-order valence-electron chi connectivity index (χ2n) is 5.96. The molecule has 3 aromatic heterocycles. The molecule has 0 spiro atoms. The highest BCUT2D eigenvalue weighted by Gasteiger charge is 2.17. The summed E-state index contributed by atoms with van der Waals surface area (Å²) in [6, 6.07) is 12.8. The zero-order valence-corrected chi connectivity index (χ0v) is 17.2. The van der Waals surface area contributed by atoms with Crippen molar-refractivity contribution in [2.45, 2.75) is 5.16 Å². The van der Waals surface area contributed by atoms with Gasteiger partial charge in [0.15, 0.2) is 5.16 Å². The normalized spacial score (nSPS) is 10.9. The number of nitrogens with zero attached hydrogens (tertiary/aromatic N) is 3. The number of halogens is 1. The molecule has 0 saturated heterocycles. The van der Waals surface area contributed by atoms with Crippen LogP contribution < -0.4 is 16.7 Å². The maximum absolute atomic E-state index is 12.8. The summed E-state index contributed by atoms with van der Waals surface area (Å²) in [4.78, 5) is 34.1. The first-order chi connectivity index (χ1) is 14.0. The minimum absolute atomic E-state index is 0.0242. The Morgan fingerprint density at radius 2 is 2.03 bits per heavy atom. The van der Waals surface area contributed by atoms with Crippen LogP contribution in [-0.2, 0) is 4.79 Å². The molecule has 1 amide bonds. The van der Waals surface area contributed by atoms with Crippen molar-refractivity contribution in [3.8, 4) is 11.1 Å². The number of anilines is 1. The number of hydrogen-bond acceptors (Lipinski definition) is 7. The number of amides is 1. The number of fused-ring (bicyclic) bond motifs is 1. The average Bonchev–Trinajstić information content (AvgIpc) is 3.16. The van der Waals surface area contributed by atoms with Crippen molar-refractivity contribution >= 4 is 56.6 Å². The van der Waals surface area contributed by atoms with Crippen molar-refractivity contribution < 1.29 is 4.79 Å². The molecule has 3 heterocycles.